The molecular weight excluding hydrogens is 328 g/mol. The zero-order valence-corrected chi connectivity index (χ0v) is 13.9. The average Bonchev–Trinajstić information content (AvgIpc) is 3.25. The maximum Gasteiger partial charge on any atom is 0.231 e. The van der Waals surface area contributed by atoms with Gasteiger partial charge >= 0.3 is 0 Å². The van der Waals surface area contributed by atoms with Crippen LogP contribution < -0.4 is 5.32 Å². The lowest BCUT2D eigenvalue weighted by atomic mass is 10.0. The maximum absolute atomic E-state index is 12.1. The summed E-state index contributed by atoms with van der Waals surface area (Å²) in [6.45, 7) is 0. The molecule has 4 rings (SSSR count). The third-order valence-electron chi connectivity index (χ3n) is 4.75. The Morgan fingerprint density at radius 2 is 2.04 bits per heavy atom. The Kier molecular flexibility index (Phi) is 3.68. The van der Waals surface area contributed by atoms with Crippen molar-refractivity contribution in [3.8, 4) is 11.3 Å². The summed E-state index contributed by atoms with van der Waals surface area (Å²) in [5, 5.41) is 6.64. The number of carbonyl (C=O) groups is 1. The molecule has 24 heavy (non-hydrogen) atoms. The standard InChI is InChI=1S/C17H18N2O4S/c20-17(14-6-7-24(21,22)10-14)18-16-9-15(19-23-16)13-5-4-11-2-1-3-12(11)8-13/h4-5,8-9,14H,1-3,6-7,10H2,(H,18,20)/t14-/m0/s1. The zero-order chi connectivity index (χ0) is 16.7. The highest BCUT2D eigenvalue weighted by Crippen LogP contribution is 2.29. The van der Waals surface area contributed by atoms with Crippen LogP contribution in [0.25, 0.3) is 11.3 Å². The lowest BCUT2D eigenvalue weighted by Crippen LogP contribution is -2.23. The van der Waals surface area contributed by atoms with E-state index in [1.807, 2.05) is 6.07 Å². The molecule has 1 aliphatic carbocycles. The molecule has 1 atom stereocenters. The molecule has 6 nitrogen and oxygen atoms in total. The molecule has 1 N–H and O–H groups in total. The van der Waals surface area contributed by atoms with Gasteiger partial charge < -0.3 is 4.52 Å². The Balaban J connectivity index is 1.48. The van der Waals surface area contributed by atoms with Crippen LogP contribution in [0.15, 0.2) is 28.8 Å². The number of benzene rings is 1. The Labute approximate surface area is 140 Å². The monoisotopic (exact) mass is 346 g/mol. The van der Waals surface area contributed by atoms with E-state index in [1.165, 1.54) is 17.5 Å². The van der Waals surface area contributed by atoms with Crippen LogP contribution in [-0.2, 0) is 27.5 Å². The molecule has 2 aromatic rings. The topological polar surface area (TPSA) is 89.3 Å². The van der Waals surface area contributed by atoms with Crippen molar-refractivity contribution in [2.45, 2.75) is 25.7 Å². The SMILES string of the molecule is O=C(Nc1cc(-c2ccc3c(c2)CCC3)no1)[C@H]1CCS(=O)(=O)C1. The zero-order valence-electron chi connectivity index (χ0n) is 13.1. The predicted molar refractivity (Wildman–Crippen MR) is 89.4 cm³/mol. The number of hydrogen-bond donors (Lipinski definition) is 1. The lowest BCUT2D eigenvalue weighted by Gasteiger charge is -2.05. The van der Waals surface area contributed by atoms with Gasteiger partial charge in [-0.2, -0.15) is 0 Å². The fourth-order valence-corrected chi connectivity index (χ4v) is 5.17. The van der Waals surface area contributed by atoms with Gasteiger partial charge in [0, 0.05) is 11.6 Å². The smallest absolute Gasteiger partial charge is 0.231 e. The number of nitrogens with zero attached hydrogens (tertiary/aromatic N) is 1. The van der Waals surface area contributed by atoms with Crippen LogP contribution in [0.5, 0.6) is 0 Å². The van der Waals surface area contributed by atoms with Crippen molar-refractivity contribution in [3.63, 3.8) is 0 Å². The highest BCUT2D eigenvalue weighted by molar-refractivity contribution is 7.91. The van der Waals surface area contributed by atoms with Crippen molar-refractivity contribution >= 4 is 21.6 Å². The number of rotatable bonds is 3. The van der Waals surface area contributed by atoms with Crippen LogP contribution in [-0.4, -0.2) is 31.0 Å². The quantitative estimate of drug-likeness (QED) is 0.920. The molecular formula is C17H18N2O4S. The first-order valence-electron chi connectivity index (χ1n) is 8.10. The molecule has 0 bridgehead atoms. The van der Waals surface area contributed by atoms with Crippen molar-refractivity contribution in [2.24, 2.45) is 5.92 Å². The summed E-state index contributed by atoms with van der Waals surface area (Å²) in [6, 6.07) is 7.93. The maximum atomic E-state index is 12.1. The molecule has 1 fully saturated rings. The second-order valence-corrected chi connectivity index (χ2v) is 8.73. The summed E-state index contributed by atoms with van der Waals surface area (Å²) < 4.78 is 28.1. The minimum absolute atomic E-state index is 0.0713. The number of hydrogen-bond acceptors (Lipinski definition) is 5. The normalized spacial score (nSPS) is 21.6. The van der Waals surface area contributed by atoms with Gasteiger partial charge in [-0.3, -0.25) is 10.1 Å². The van der Waals surface area contributed by atoms with Crippen molar-refractivity contribution in [1.82, 2.24) is 5.16 Å². The minimum Gasteiger partial charge on any atom is -0.338 e. The van der Waals surface area contributed by atoms with E-state index in [2.05, 4.69) is 22.6 Å². The molecule has 126 valence electrons. The number of fused-ring (bicyclic) bond motifs is 1. The van der Waals surface area contributed by atoms with Gasteiger partial charge in [0.1, 0.15) is 5.69 Å². The molecule has 1 saturated heterocycles. The first-order valence-corrected chi connectivity index (χ1v) is 9.92. The van der Waals surface area contributed by atoms with E-state index in [0.29, 0.717) is 12.1 Å². The van der Waals surface area contributed by atoms with E-state index in [0.717, 1.165) is 18.4 Å². The van der Waals surface area contributed by atoms with Crippen molar-refractivity contribution < 1.29 is 17.7 Å². The molecule has 0 unspecified atom stereocenters. The van der Waals surface area contributed by atoms with Crippen LogP contribution in [0.4, 0.5) is 5.88 Å². The number of nitrogens with one attached hydrogen (secondary N) is 1. The Morgan fingerprint density at radius 3 is 2.83 bits per heavy atom. The van der Waals surface area contributed by atoms with E-state index >= 15 is 0 Å². The fraction of sp³-hybridized carbons (Fsp3) is 0.412. The van der Waals surface area contributed by atoms with Gasteiger partial charge in [0.15, 0.2) is 9.84 Å². The molecule has 7 heteroatoms. The van der Waals surface area contributed by atoms with E-state index in [9.17, 15) is 13.2 Å². The molecule has 0 saturated carbocycles. The van der Waals surface area contributed by atoms with Crippen molar-refractivity contribution in [1.29, 1.82) is 0 Å². The van der Waals surface area contributed by atoms with Gasteiger partial charge in [-0.15, -0.1) is 0 Å². The predicted octanol–water partition coefficient (Wildman–Crippen LogP) is 2.20. The Bertz CT molecular complexity index is 901. The van der Waals surface area contributed by atoms with Gasteiger partial charge in [-0.25, -0.2) is 8.42 Å². The van der Waals surface area contributed by atoms with E-state index in [4.69, 9.17) is 4.52 Å². The molecule has 1 aromatic heterocycles. The Hall–Kier alpha value is -2.15. The van der Waals surface area contributed by atoms with E-state index < -0.39 is 15.8 Å². The van der Waals surface area contributed by atoms with Crippen LogP contribution in [0.2, 0.25) is 0 Å². The summed E-state index contributed by atoms with van der Waals surface area (Å²) in [4.78, 5) is 12.1. The summed E-state index contributed by atoms with van der Waals surface area (Å²) in [5.74, 6) is -0.608. The van der Waals surface area contributed by atoms with Gasteiger partial charge in [-0.1, -0.05) is 17.3 Å². The van der Waals surface area contributed by atoms with Gasteiger partial charge in [0.2, 0.25) is 11.8 Å². The first-order chi connectivity index (χ1) is 11.5. The van der Waals surface area contributed by atoms with Crippen molar-refractivity contribution in [3.05, 3.63) is 35.4 Å². The van der Waals surface area contributed by atoms with Crippen LogP contribution in [0, 0.1) is 5.92 Å². The third kappa shape index (κ3) is 2.96. The number of sulfone groups is 1. The second-order valence-electron chi connectivity index (χ2n) is 6.50. The largest absolute Gasteiger partial charge is 0.338 e. The van der Waals surface area contributed by atoms with E-state index in [-0.39, 0.29) is 23.3 Å². The molecule has 1 amide bonds. The van der Waals surface area contributed by atoms with E-state index in [1.54, 1.807) is 6.07 Å². The fourth-order valence-electron chi connectivity index (χ4n) is 3.43. The molecule has 0 spiro atoms. The van der Waals surface area contributed by atoms with Crippen LogP contribution in [0.3, 0.4) is 0 Å². The van der Waals surface area contributed by atoms with Crippen LogP contribution in [0.1, 0.15) is 24.0 Å². The highest BCUT2D eigenvalue weighted by atomic mass is 32.2. The van der Waals surface area contributed by atoms with Crippen molar-refractivity contribution in [2.75, 3.05) is 16.8 Å². The molecule has 2 aliphatic rings. The summed E-state index contributed by atoms with van der Waals surface area (Å²) in [5.41, 5.74) is 4.36. The molecule has 1 aliphatic heterocycles. The number of aromatic nitrogens is 1. The minimum atomic E-state index is -3.08. The summed E-state index contributed by atoms with van der Waals surface area (Å²) >= 11 is 0. The third-order valence-corrected chi connectivity index (χ3v) is 6.52. The molecule has 2 heterocycles. The van der Waals surface area contributed by atoms with Gasteiger partial charge in [0.25, 0.3) is 0 Å². The van der Waals surface area contributed by atoms with Crippen LogP contribution >= 0.6 is 0 Å². The Morgan fingerprint density at radius 1 is 1.21 bits per heavy atom. The lowest BCUT2D eigenvalue weighted by molar-refractivity contribution is -0.119. The first kappa shape index (κ1) is 15.4. The highest BCUT2D eigenvalue weighted by Gasteiger charge is 2.33. The number of aryl methyl sites for hydroxylation is 2. The molecule has 0 radical (unpaired) electrons. The average molecular weight is 346 g/mol. The summed E-state index contributed by atoms with van der Waals surface area (Å²) in [7, 11) is -3.08. The second kappa shape index (κ2) is 5.73. The van der Waals surface area contributed by atoms with Gasteiger partial charge in [-0.05, 0) is 42.9 Å². The number of carbonyl (C=O) groups excluding carboxylic acids is 1. The molecule has 1 aromatic carbocycles. The summed E-state index contributed by atoms with van der Waals surface area (Å²) in [6.07, 6.45) is 3.75. The van der Waals surface area contributed by atoms with Gasteiger partial charge in [0.05, 0.1) is 17.4 Å². The number of amides is 1. The number of anilines is 1.